The molecule has 0 saturated heterocycles. The normalized spacial score (nSPS) is 19.2. The summed E-state index contributed by atoms with van der Waals surface area (Å²) in [6.45, 7) is 15.5. The van der Waals surface area contributed by atoms with E-state index in [1.54, 1.807) is 0 Å². The highest BCUT2D eigenvalue weighted by Gasteiger charge is 2.34. The van der Waals surface area contributed by atoms with Crippen molar-refractivity contribution in [1.82, 2.24) is 4.90 Å². The molecule has 0 aromatic heterocycles. The molecule has 2 nitrogen and oxygen atoms in total. The third kappa shape index (κ3) is 2.23. The van der Waals surface area contributed by atoms with Crippen LogP contribution in [0.25, 0.3) is 0 Å². The Balaban J connectivity index is 2.87. The van der Waals surface area contributed by atoms with Gasteiger partial charge in [0, 0.05) is 17.5 Å². The molecule has 0 bridgehead atoms. The molecule has 1 aliphatic heterocycles. The van der Waals surface area contributed by atoms with Crippen LogP contribution in [0.15, 0.2) is 4.99 Å². The molecule has 0 N–H and O–H groups in total. The van der Waals surface area contributed by atoms with Crippen LogP contribution < -0.4 is 0 Å². The van der Waals surface area contributed by atoms with Crippen LogP contribution in [0, 0.1) is 5.41 Å². The lowest BCUT2D eigenvalue weighted by Gasteiger charge is -2.39. The van der Waals surface area contributed by atoms with Crippen LogP contribution in [0.3, 0.4) is 0 Å². The molecule has 0 aromatic carbocycles. The molecule has 1 heterocycles. The Morgan fingerprint density at radius 1 is 1.08 bits per heavy atom. The molecule has 13 heavy (non-hydrogen) atoms. The van der Waals surface area contributed by atoms with Gasteiger partial charge >= 0.3 is 0 Å². The molecular formula is C11H22N2. The van der Waals surface area contributed by atoms with Crippen molar-refractivity contribution in [2.24, 2.45) is 10.4 Å². The van der Waals surface area contributed by atoms with Gasteiger partial charge in [0.2, 0.25) is 0 Å². The SMILES string of the molecule is CC(C)(C)C1=NCCN1C(C)(C)C. The molecule has 76 valence electrons. The van der Waals surface area contributed by atoms with Crippen molar-refractivity contribution in [3.63, 3.8) is 0 Å². The Morgan fingerprint density at radius 2 is 1.62 bits per heavy atom. The maximum atomic E-state index is 4.60. The Kier molecular flexibility index (Phi) is 2.44. The zero-order chi connectivity index (χ0) is 10.3. The van der Waals surface area contributed by atoms with E-state index in [4.69, 9.17) is 0 Å². The van der Waals surface area contributed by atoms with Crippen LogP contribution in [0.4, 0.5) is 0 Å². The van der Waals surface area contributed by atoms with Gasteiger partial charge in [-0.15, -0.1) is 0 Å². The van der Waals surface area contributed by atoms with Crippen LogP contribution in [-0.2, 0) is 0 Å². The standard InChI is InChI=1S/C11H22N2/c1-10(2,3)9-12-7-8-13(9)11(4,5)6/h7-8H2,1-6H3. The molecule has 1 aliphatic rings. The first-order valence-electron chi connectivity index (χ1n) is 5.05. The Labute approximate surface area is 82.0 Å². The first kappa shape index (κ1) is 10.6. The molecule has 2 heteroatoms. The number of amidine groups is 1. The molecule has 0 unspecified atom stereocenters. The minimum Gasteiger partial charge on any atom is -0.353 e. The van der Waals surface area contributed by atoms with Crippen molar-refractivity contribution in [2.75, 3.05) is 13.1 Å². The van der Waals surface area contributed by atoms with Crippen molar-refractivity contribution in [1.29, 1.82) is 0 Å². The van der Waals surface area contributed by atoms with Gasteiger partial charge in [0.15, 0.2) is 0 Å². The summed E-state index contributed by atoms with van der Waals surface area (Å²) in [5, 5.41) is 0. The highest BCUT2D eigenvalue weighted by atomic mass is 15.3. The van der Waals surface area contributed by atoms with Crippen LogP contribution >= 0.6 is 0 Å². The van der Waals surface area contributed by atoms with E-state index in [9.17, 15) is 0 Å². The molecule has 0 atom stereocenters. The number of hydrogen-bond acceptors (Lipinski definition) is 2. The van der Waals surface area contributed by atoms with Crippen molar-refractivity contribution in [3.05, 3.63) is 0 Å². The fourth-order valence-electron chi connectivity index (χ4n) is 1.74. The Bertz CT molecular complexity index is 215. The number of rotatable bonds is 0. The molecule has 0 fully saturated rings. The average molecular weight is 182 g/mol. The van der Waals surface area contributed by atoms with E-state index in [1.165, 1.54) is 5.84 Å². The summed E-state index contributed by atoms with van der Waals surface area (Å²) in [5.41, 5.74) is 0.395. The second-order valence-electron chi connectivity index (χ2n) is 5.78. The number of nitrogens with zero attached hydrogens (tertiary/aromatic N) is 2. The third-order valence-electron chi connectivity index (χ3n) is 2.32. The van der Waals surface area contributed by atoms with E-state index in [0.717, 1.165) is 13.1 Å². The van der Waals surface area contributed by atoms with Crippen LogP contribution in [0.2, 0.25) is 0 Å². The van der Waals surface area contributed by atoms with Crippen LogP contribution in [0.5, 0.6) is 0 Å². The zero-order valence-corrected chi connectivity index (χ0v) is 9.81. The topological polar surface area (TPSA) is 15.6 Å². The van der Waals surface area contributed by atoms with E-state index in [-0.39, 0.29) is 11.0 Å². The van der Waals surface area contributed by atoms with E-state index < -0.39 is 0 Å². The van der Waals surface area contributed by atoms with Gasteiger partial charge in [0.25, 0.3) is 0 Å². The summed E-state index contributed by atoms with van der Waals surface area (Å²) in [7, 11) is 0. The summed E-state index contributed by atoms with van der Waals surface area (Å²) in [4.78, 5) is 7.02. The second-order valence-corrected chi connectivity index (χ2v) is 5.78. The first-order valence-corrected chi connectivity index (χ1v) is 5.05. The summed E-state index contributed by atoms with van der Waals surface area (Å²) in [6.07, 6.45) is 0. The van der Waals surface area contributed by atoms with Gasteiger partial charge in [-0.25, -0.2) is 0 Å². The van der Waals surface area contributed by atoms with Crippen molar-refractivity contribution >= 4 is 5.84 Å². The molecule has 0 radical (unpaired) electrons. The van der Waals surface area contributed by atoms with Gasteiger partial charge in [0.1, 0.15) is 5.84 Å². The monoisotopic (exact) mass is 182 g/mol. The smallest absolute Gasteiger partial charge is 0.105 e. The fourth-order valence-corrected chi connectivity index (χ4v) is 1.74. The van der Waals surface area contributed by atoms with Gasteiger partial charge < -0.3 is 4.90 Å². The average Bonchev–Trinajstić information content (AvgIpc) is 2.27. The molecule has 0 spiro atoms. The molecule has 1 rings (SSSR count). The van der Waals surface area contributed by atoms with E-state index in [1.807, 2.05) is 0 Å². The van der Waals surface area contributed by atoms with E-state index in [2.05, 4.69) is 51.4 Å². The highest BCUT2D eigenvalue weighted by molar-refractivity contribution is 5.89. The second kappa shape index (κ2) is 3.00. The van der Waals surface area contributed by atoms with Crippen molar-refractivity contribution in [3.8, 4) is 0 Å². The lowest BCUT2D eigenvalue weighted by Crippen LogP contribution is -2.48. The van der Waals surface area contributed by atoms with Crippen LogP contribution in [-0.4, -0.2) is 29.4 Å². The first-order chi connectivity index (χ1) is 5.73. The van der Waals surface area contributed by atoms with E-state index >= 15 is 0 Å². The predicted octanol–water partition coefficient (Wildman–Crippen LogP) is 2.55. The fraction of sp³-hybridized carbons (Fsp3) is 0.909. The summed E-state index contributed by atoms with van der Waals surface area (Å²) in [6, 6.07) is 0. The molecule has 0 aliphatic carbocycles. The lowest BCUT2D eigenvalue weighted by atomic mass is 9.92. The minimum absolute atomic E-state index is 0.184. The molecular weight excluding hydrogens is 160 g/mol. The summed E-state index contributed by atoms with van der Waals surface area (Å²) >= 11 is 0. The Morgan fingerprint density at radius 3 is 1.92 bits per heavy atom. The van der Waals surface area contributed by atoms with Gasteiger partial charge in [0.05, 0.1) is 6.54 Å². The minimum atomic E-state index is 0.184. The Hall–Kier alpha value is -0.530. The number of aliphatic imine (C=N–C) groups is 1. The maximum Gasteiger partial charge on any atom is 0.105 e. The van der Waals surface area contributed by atoms with Gasteiger partial charge in [-0.05, 0) is 20.8 Å². The van der Waals surface area contributed by atoms with Gasteiger partial charge in [-0.3, -0.25) is 4.99 Å². The quantitative estimate of drug-likeness (QED) is 0.562. The largest absolute Gasteiger partial charge is 0.353 e. The zero-order valence-electron chi connectivity index (χ0n) is 9.81. The van der Waals surface area contributed by atoms with Gasteiger partial charge in [-0.2, -0.15) is 0 Å². The van der Waals surface area contributed by atoms with E-state index in [0.29, 0.717) is 0 Å². The van der Waals surface area contributed by atoms with Crippen molar-refractivity contribution < 1.29 is 0 Å². The predicted molar refractivity (Wildman–Crippen MR) is 58.2 cm³/mol. The lowest BCUT2D eigenvalue weighted by molar-refractivity contribution is 0.238. The molecule has 0 amide bonds. The summed E-state index contributed by atoms with van der Waals surface area (Å²) < 4.78 is 0. The van der Waals surface area contributed by atoms with Crippen LogP contribution in [0.1, 0.15) is 41.5 Å². The maximum absolute atomic E-state index is 4.60. The summed E-state index contributed by atoms with van der Waals surface area (Å²) in [5.74, 6) is 1.26. The highest BCUT2D eigenvalue weighted by Crippen LogP contribution is 2.27. The number of hydrogen-bond donors (Lipinski definition) is 0. The molecule has 0 aromatic rings. The third-order valence-corrected chi connectivity index (χ3v) is 2.32. The molecule has 0 saturated carbocycles. The van der Waals surface area contributed by atoms with Crippen molar-refractivity contribution in [2.45, 2.75) is 47.1 Å². The van der Waals surface area contributed by atoms with Gasteiger partial charge in [-0.1, -0.05) is 20.8 Å².